The molecular weight excluding hydrogens is 369 g/mol. The van der Waals surface area contributed by atoms with Crippen molar-refractivity contribution < 1.29 is 9.21 Å². The van der Waals surface area contributed by atoms with Crippen LogP contribution in [0.1, 0.15) is 35.9 Å². The van der Waals surface area contributed by atoms with Crippen LogP contribution in [0.25, 0.3) is 10.8 Å². The van der Waals surface area contributed by atoms with E-state index in [0.717, 1.165) is 43.9 Å². The SMILES string of the molecule is CCCN(C(=O)c1cnc(-c2ccco2)s1)C1CCNCC1.Cl.Cl. The molecule has 0 aliphatic carbocycles. The van der Waals surface area contributed by atoms with Gasteiger partial charge in [0.15, 0.2) is 10.8 Å². The van der Waals surface area contributed by atoms with Gasteiger partial charge in [0.25, 0.3) is 5.91 Å². The first-order chi connectivity index (χ1) is 10.8. The maximum absolute atomic E-state index is 12.9. The molecule has 8 heteroatoms. The first-order valence-corrected chi connectivity index (χ1v) is 8.62. The quantitative estimate of drug-likeness (QED) is 0.840. The number of rotatable bonds is 5. The van der Waals surface area contributed by atoms with Crippen LogP contribution in [0.4, 0.5) is 0 Å². The van der Waals surface area contributed by atoms with Gasteiger partial charge in [-0.15, -0.1) is 36.2 Å². The van der Waals surface area contributed by atoms with Crippen LogP contribution in [-0.4, -0.2) is 41.5 Å². The van der Waals surface area contributed by atoms with Crippen molar-refractivity contribution in [2.45, 2.75) is 32.2 Å². The number of nitrogens with zero attached hydrogens (tertiary/aromatic N) is 2. The molecule has 1 amide bonds. The molecule has 2 aromatic rings. The minimum absolute atomic E-state index is 0. The van der Waals surface area contributed by atoms with Crippen molar-refractivity contribution in [1.29, 1.82) is 0 Å². The summed E-state index contributed by atoms with van der Waals surface area (Å²) in [6.45, 7) is 4.89. The smallest absolute Gasteiger partial charge is 0.265 e. The number of hydrogen-bond acceptors (Lipinski definition) is 5. The van der Waals surface area contributed by atoms with Crippen molar-refractivity contribution in [2.75, 3.05) is 19.6 Å². The molecule has 1 aliphatic heterocycles. The normalized spacial score (nSPS) is 14.5. The van der Waals surface area contributed by atoms with E-state index in [1.807, 2.05) is 17.0 Å². The second-order valence-electron chi connectivity index (χ2n) is 5.49. The van der Waals surface area contributed by atoms with Gasteiger partial charge in [-0.25, -0.2) is 4.98 Å². The van der Waals surface area contributed by atoms with Gasteiger partial charge in [-0.1, -0.05) is 6.92 Å². The zero-order chi connectivity index (χ0) is 15.4. The third-order valence-electron chi connectivity index (χ3n) is 3.92. The summed E-state index contributed by atoms with van der Waals surface area (Å²) in [5.41, 5.74) is 0. The Morgan fingerprint density at radius 3 is 2.79 bits per heavy atom. The molecule has 0 bridgehead atoms. The third kappa shape index (κ3) is 4.72. The number of piperidine rings is 1. The lowest BCUT2D eigenvalue weighted by molar-refractivity contribution is 0.0647. The highest BCUT2D eigenvalue weighted by molar-refractivity contribution is 7.16. The number of hydrogen-bond donors (Lipinski definition) is 1. The molecular formula is C16H23Cl2N3O2S. The number of furan rings is 1. The Kier molecular flexibility index (Phi) is 8.76. The molecule has 0 saturated carbocycles. The van der Waals surface area contributed by atoms with E-state index in [-0.39, 0.29) is 30.7 Å². The summed E-state index contributed by atoms with van der Waals surface area (Å²) in [7, 11) is 0. The van der Waals surface area contributed by atoms with E-state index in [9.17, 15) is 4.79 Å². The van der Waals surface area contributed by atoms with Gasteiger partial charge in [-0.3, -0.25) is 4.79 Å². The van der Waals surface area contributed by atoms with Crippen LogP contribution in [0.15, 0.2) is 29.0 Å². The molecule has 3 rings (SSSR count). The summed E-state index contributed by atoms with van der Waals surface area (Å²) in [6, 6.07) is 4.03. The molecule has 0 radical (unpaired) electrons. The van der Waals surface area contributed by atoms with Gasteiger partial charge >= 0.3 is 0 Å². The van der Waals surface area contributed by atoms with Crippen molar-refractivity contribution >= 4 is 42.1 Å². The van der Waals surface area contributed by atoms with Crippen LogP contribution < -0.4 is 5.32 Å². The second kappa shape index (κ2) is 10.0. The fourth-order valence-electron chi connectivity index (χ4n) is 2.84. The van der Waals surface area contributed by atoms with Crippen molar-refractivity contribution in [2.24, 2.45) is 0 Å². The van der Waals surface area contributed by atoms with Crippen molar-refractivity contribution in [1.82, 2.24) is 15.2 Å². The van der Waals surface area contributed by atoms with Crippen LogP contribution in [0.3, 0.4) is 0 Å². The average Bonchev–Trinajstić information content (AvgIpc) is 3.23. The van der Waals surface area contributed by atoms with E-state index in [0.29, 0.717) is 16.7 Å². The molecule has 0 atom stereocenters. The van der Waals surface area contributed by atoms with Crippen LogP contribution in [0.2, 0.25) is 0 Å². The van der Waals surface area contributed by atoms with Gasteiger partial charge in [-0.2, -0.15) is 0 Å². The van der Waals surface area contributed by atoms with Gasteiger partial charge in [0.1, 0.15) is 4.88 Å². The lowest BCUT2D eigenvalue weighted by atomic mass is 10.0. The maximum Gasteiger partial charge on any atom is 0.265 e. The number of thiazole rings is 1. The molecule has 1 saturated heterocycles. The van der Waals surface area contributed by atoms with Gasteiger partial charge in [-0.05, 0) is 44.5 Å². The van der Waals surface area contributed by atoms with E-state index in [2.05, 4.69) is 17.2 Å². The molecule has 24 heavy (non-hydrogen) atoms. The first-order valence-electron chi connectivity index (χ1n) is 7.81. The topological polar surface area (TPSA) is 58.4 Å². The summed E-state index contributed by atoms with van der Waals surface area (Å²) in [5, 5.41) is 4.11. The van der Waals surface area contributed by atoms with Gasteiger partial charge in [0.05, 0.1) is 12.5 Å². The molecule has 1 aliphatic rings. The monoisotopic (exact) mass is 391 g/mol. The number of halogens is 2. The summed E-state index contributed by atoms with van der Waals surface area (Å²) < 4.78 is 5.35. The van der Waals surface area contributed by atoms with Gasteiger partial charge in [0, 0.05) is 12.6 Å². The molecule has 134 valence electrons. The van der Waals surface area contributed by atoms with Crippen molar-refractivity contribution in [3.05, 3.63) is 29.5 Å². The molecule has 0 spiro atoms. The maximum atomic E-state index is 12.9. The molecule has 0 aromatic carbocycles. The molecule has 2 aromatic heterocycles. The van der Waals surface area contributed by atoms with Crippen LogP contribution >= 0.6 is 36.2 Å². The highest BCUT2D eigenvalue weighted by Gasteiger charge is 2.27. The molecule has 1 fully saturated rings. The zero-order valence-corrected chi connectivity index (χ0v) is 16.0. The Bertz CT molecular complexity index is 613. The Morgan fingerprint density at radius 1 is 1.42 bits per heavy atom. The van der Waals surface area contributed by atoms with E-state index < -0.39 is 0 Å². The Balaban J connectivity index is 0.00000144. The molecule has 0 unspecified atom stereocenters. The minimum Gasteiger partial charge on any atom is -0.462 e. The van der Waals surface area contributed by atoms with E-state index in [1.54, 1.807) is 12.5 Å². The zero-order valence-electron chi connectivity index (χ0n) is 13.6. The predicted octanol–water partition coefficient (Wildman–Crippen LogP) is 3.85. The van der Waals surface area contributed by atoms with Crippen LogP contribution in [0, 0.1) is 0 Å². The molecule has 5 nitrogen and oxygen atoms in total. The number of amides is 1. The fourth-order valence-corrected chi connectivity index (χ4v) is 3.68. The summed E-state index contributed by atoms with van der Waals surface area (Å²) in [4.78, 5) is 19.9. The summed E-state index contributed by atoms with van der Waals surface area (Å²) in [6.07, 6.45) is 6.32. The lowest BCUT2D eigenvalue weighted by Crippen LogP contribution is -2.46. The summed E-state index contributed by atoms with van der Waals surface area (Å²) in [5.74, 6) is 0.817. The average molecular weight is 392 g/mol. The van der Waals surface area contributed by atoms with E-state index in [4.69, 9.17) is 4.42 Å². The fraction of sp³-hybridized carbons (Fsp3) is 0.500. The van der Waals surface area contributed by atoms with E-state index in [1.165, 1.54) is 11.3 Å². The lowest BCUT2D eigenvalue weighted by Gasteiger charge is -2.34. The third-order valence-corrected chi connectivity index (χ3v) is 4.92. The summed E-state index contributed by atoms with van der Waals surface area (Å²) >= 11 is 1.41. The number of carbonyl (C=O) groups is 1. The number of nitrogens with one attached hydrogen (secondary N) is 1. The predicted molar refractivity (Wildman–Crippen MR) is 102 cm³/mol. The Morgan fingerprint density at radius 2 is 2.17 bits per heavy atom. The van der Waals surface area contributed by atoms with E-state index >= 15 is 0 Å². The largest absolute Gasteiger partial charge is 0.462 e. The highest BCUT2D eigenvalue weighted by atomic mass is 35.5. The first kappa shape index (κ1) is 21.0. The van der Waals surface area contributed by atoms with Gasteiger partial charge < -0.3 is 14.6 Å². The molecule has 1 N–H and O–H groups in total. The Labute approximate surface area is 158 Å². The van der Waals surface area contributed by atoms with Crippen LogP contribution in [0.5, 0.6) is 0 Å². The second-order valence-corrected chi connectivity index (χ2v) is 6.52. The molecule has 3 heterocycles. The van der Waals surface area contributed by atoms with Crippen molar-refractivity contribution in [3.63, 3.8) is 0 Å². The van der Waals surface area contributed by atoms with Crippen molar-refractivity contribution in [3.8, 4) is 10.8 Å². The Hall–Kier alpha value is -1.08. The number of carbonyl (C=O) groups excluding carboxylic acids is 1. The number of aromatic nitrogens is 1. The highest BCUT2D eigenvalue weighted by Crippen LogP contribution is 2.27. The standard InChI is InChI=1S/C16H21N3O2S.2ClH/c1-2-9-19(12-5-7-17-8-6-12)16(20)14-11-18-15(22-14)13-4-3-10-21-13;;/h3-4,10-12,17H,2,5-9H2,1H3;2*1H. The minimum atomic E-state index is 0. The van der Waals surface area contributed by atoms with Gasteiger partial charge in [0.2, 0.25) is 0 Å². The van der Waals surface area contributed by atoms with Crippen LogP contribution in [-0.2, 0) is 0 Å².